The van der Waals surface area contributed by atoms with E-state index in [1.165, 1.54) is 0 Å². The Balaban J connectivity index is 1.93. The molecule has 0 unspecified atom stereocenters. The molecule has 6 nitrogen and oxygen atoms in total. The highest BCUT2D eigenvalue weighted by Crippen LogP contribution is 2.18. The summed E-state index contributed by atoms with van der Waals surface area (Å²) in [6, 6.07) is 0.0825. The molecule has 2 heterocycles. The quantitative estimate of drug-likeness (QED) is 0.836. The van der Waals surface area contributed by atoms with Crippen LogP contribution in [-0.4, -0.2) is 57.1 Å². The molecule has 0 radical (unpaired) electrons. The van der Waals surface area contributed by atoms with Gasteiger partial charge >= 0.3 is 6.09 Å². The number of halogens is 1. The summed E-state index contributed by atoms with van der Waals surface area (Å²) in [6.45, 7) is 10.4. The van der Waals surface area contributed by atoms with E-state index in [1.807, 2.05) is 27.7 Å². The highest BCUT2D eigenvalue weighted by molar-refractivity contribution is 6.29. The van der Waals surface area contributed by atoms with Crippen LogP contribution in [0, 0.1) is 0 Å². The van der Waals surface area contributed by atoms with E-state index in [0.29, 0.717) is 18.2 Å². The van der Waals surface area contributed by atoms with E-state index < -0.39 is 5.60 Å². The first-order valence-electron chi connectivity index (χ1n) is 7.43. The van der Waals surface area contributed by atoms with Crippen LogP contribution in [0.2, 0.25) is 5.15 Å². The maximum absolute atomic E-state index is 12.2. The molecule has 0 saturated carbocycles. The summed E-state index contributed by atoms with van der Waals surface area (Å²) in [4.78, 5) is 24.5. The molecule has 1 aromatic heterocycles. The second-order valence-corrected chi connectivity index (χ2v) is 6.91. The van der Waals surface area contributed by atoms with Gasteiger partial charge in [0, 0.05) is 44.6 Å². The normalized spacial score (nSPS) is 20.0. The van der Waals surface area contributed by atoms with E-state index in [-0.39, 0.29) is 12.1 Å². The second-order valence-electron chi connectivity index (χ2n) is 6.55. The number of hydrogen-bond acceptors (Lipinski definition) is 5. The van der Waals surface area contributed by atoms with Crippen molar-refractivity contribution >= 4 is 17.7 Å². The maximum Gasteiger partial charge on any atom is 0.410 e. The number of amides is 1. The van der Waals surface area contributed by atoms with Gasteiger partial charge in [-0.2, -0.15) is 0 Å². The lowest BCUT2D eigenvalue weighted by molar-refractivity contribution is 0.000426. The van der Waals surface area contributed by atoms with Crippen LogP contribution in [0.1, 0.15) is 33.4 Å². The Morgan fingerprint density at radius 2 is 2.05 bits per heavy atom. The zero-order chi connectivity index (χ0) is 16.3. The molecule has 22 heavy (non-hydrogen) atoms. The average Bonchev–Trinajstić information content (AvgIpc) is 2.39. The molecule has 1 aromatic rings. The minimum absolute atomic E-state index is 0.0825. The van der Waals surface area contributed by atoms with Gasteiger partial charge in [-0.1, -0.05) is 11.6 Å². The lowest BCUT2D eigenvalue weighted by Gasteiger charge is -2.40. The minimum atomic E-state index is -0.471. The SMILES string of the molecule is C[C@@H]1CN(Cc2nccnc2Cl)CCN1C(=O)OC(C)(C)C. The highest BCUT2D eigenvalue weighted by atomic mass is 35.5. The number of rotatable bonds is 2. The van der Waals surface area contributed by atoms with Crippen molar-refractivity contribution < 1.29 is 9.53 Å². The summed E-state index contributed by atoms with van der Waals surface area (Å²) in [5.74, 6) is 0. The number of hydrogen-bond donors (Lipinski definition) is 0. The van der Waals surface area contributed by atoms with Gasteiger partial charge in [0.05, 0.1) is 5.69 Å². The first-order valence-corrected chi connectivity index (χ1v) is 7.81. The van der Waals surface area contributed by atoms with Crippen LogP contribution < -0.4 is 0 Å². The summed E-state index contributed by atoms with van der Waals surface area (Å²) in [6.07, 6.45) is 2.97. The Morgan fingerprint density at radius 1 is 1.36 bits per heavy atom. The van der Waals surface area contributed by atoms with Crippen LogP contribution in [0.4, 0.5) is 4.79 Å². The van der Waals surface area contributed by atoms with E-state index in [4.69, 9.17) is 16.3 Å². The molecule has 2 rings (SSSR count). The molecule has 0 N–H and O–H groups in total. The fourth-order valence-electron chi connectivity index (χ4n) is 2.44. The van der Waals surface area contributed by atoms with Crippen molar-refractivity contribution in [1.29, 1.82) is 0 Å². The fraction of sp³-hybridized carbons (Fsp3) is 0.667. The maximum atomic E-state index is 12.2. The van der Waals surface area contributed by atoms with E-state index >= 15 is 0 Å². The van der Waals surface area contributed by atoms with Gasteiger partial charge in [-0.15, -0.1) is 0 Å². The summed E-state index contributed by atoms with van der Waals surface area (Å²) < 4.78 is 5.45. The van der Waals surface area contributed by atoms with Crippen molar-refractivity contribution in [2.45, 2.75) is 45.9 Å². The predicted octanol–water partition coefficient (Wildman–Crippen LogP) is 2.57. The number of carbonyl (C=O) groups is 1. The third-order valence-corrected chi connectivity index (χ3v) is 3.75. The summed E-state index contributed by atoms with van der Waals surface area (Å²) in [5.41, 5.74) is 0.295. The summed E-state index contributed by atoms with van der Waals surface area (Å²) in [7, 11) is 0. The lowest BCUT2D eigenvalue weighted by atomic mass is 10.2. The largest absolute Gasteiger partial charge is 0.444 e. The van der Waals surface area contributed by atoms with Gasteiger partial charge in [0.15, 0.2) is 5.15 Å². The smallest absolute Gasteiger partial charge is 0.410 e. The van der Waals surface area contributed by atoms with E-state index in [9.17, 15) is 4.79 Å². The van der Waals surface area contributed by atoms with Crippen molar-refractivity contribution in [3.05, 3.63) is 23.2 Å². The molecular formula is C15H23ClN4O2. The Hall–Kier alpha value is -1.40. The van der Waals surface area contributed by atoms with Crippen molar-refractivity contribution in [2.75, 3.05) is 19.6 Å². The fourth-order valence-corrected chi connectivity index (χ4v) is 2.60. The molecule has 0 spiro atoms. The molecule has 0 aliphatic carbocycles. The average molecular weight is 327 g/mol. The van der Waals surface area contributed by atoms with Gasteiger partial charge in [0.1, 0.15) is 5.60 Å². The zero-order valence-electron chi connectivity index (χ0n) is 13.5. The Labute approximate surface area is 136 Å². The first kappa shape index (κ1) is 17.0. The predicted molar refractivity (Wildman–Crippen MR) is 84.7 cm³/mol. The number of piperazine rings is 1. The zero-order valence-corrected chi connectivity index (χ0v) is 14.3. The molecule has 1 aliphatic heterocycles. The minimum Gasteiger partial charge on any atom is -0.444 e. The van der Waals surface area contributed by atoms with Crippen molar-refractivity contribution in [3.63, 3.8) is 0 Å². The molecule has 1 fully saturated rings. The molecule has 122 valence electrons. The van der Waals surface area contributed by atoms with Crippen LogP contribution in [-0.2, 0) is 11.3 Å². The lowest BCUT2D eigenvalue weighted by Crippen LogP contribution is -2.54. The van der Waals surface area contributed by atoms with Crippen molar-refractivity contribution in [1.82, 2.24) is 19.8 Å². The van der Waals surface area contributed by atoms with Gasteiger partial charge in [-0.3, -0.25) is 9.88 Å². The van der Waals surface area contributed by atoms with Crippen LogP contribution in [0.15, 0.2) is 12.4 Å². The summed E-state index contributed by atoms with van der Waals surface area (Å²) >= 11 is 6.05. The van der Waals surface area contributed by atoms with Crippen molar-refractivity contribution in [3.8, 4) is 0 Å². The molecule has 0 aromatic carbocycles. The Kier molecular flexibility index (Phi) is 5.24. The number of nitrogens with zero attached hydrogens (tertiary/aromatic N) is 4. The van der Waals surface area contributed by atoms with Crippen LogP contribution in [0.3, 0.4) is 0 Å². The second kappa shape index (κ2) is 6.79. The standard InChI is InChI=1S/C15H23ClN4O2/c1-11-9-19(10-12-13(16)18-6-5-17-12)7-8-20(11)14(21)22-15(2,3)4/h5-6,11H,7-10H2,1-4H3/t11-/m1/s1. The van der Waals surface area contributed by atoms with Crippen LogP contribution >= 0.6 is 11.6 Å². The Morgan fingerprint density at radius 3 is 2.64 bits per heavy atom. The van der Waals surface area contributed by atoms with Gasteiger partial charge in [-0.05, 0) is 27.7 Å². The van der Waals surface area contributed by atoms with Gasteiger partial charge in [0.2, 0.25) is 0 Å². The van der Waals surface area contributed by atoms with Crippen LogP contribution in [0.5, 0.6) is 0 Å². The first-order chi connectivity index (χ1) is 10.3. The van der Waals surface area contributed by atoms with E-state index in [2.05, 4.69) is 14.9 Å². The third kappa shape index (κ3) is 4.55. The molecule has 1 saturated heterocycles. The molecule has 1 atom stereocenters. The van der Waals surface area contributed by atoms with Gasteiger partial charge in [-0.25, -0.2) is 9.78 Å². The van der Waals surface area contributed by atoms with Crippen molar-refractivity contribution in [2.24, 2.45) is 0 Å². The molecule has 0 bridgehead atoms. The number of aromatic nitrogens is 2. The van der Waals surface area contributed by atoms with Gasteiger partial charge < -0.3 is 9.64 Å². The number of ether oxygens (including phenoxy) is 1. The highest BCUT2D eigenvalue weighted by Gasteiger charge is 2.31. The Bertz CT molecular complexity index is 533. The van der Waals surface area contributed by atoms with Crippen LogP contribution in [0.25, 0.3) is 0 Å². The monoisotopic (exact) mass is 326 g/mol. The molecule has 1 amide bonds. The topological polar surface area (TPSA) is 58.6 Å². The molecular weight excluding hydrogens is 304 g/mol. The van der Waals surface area contributed by atoms with Gasteiger partial charge in [0.25, 0.3) is 0 Å². The van der Waals surface area contributed by atoms with E-state index in [0.717, 1.165) is 18.8 Å². The molecule has 7 heteroatoms. The van der Waals surface area contributed by atoms with E-state index in [1.54, 1.807) is 17.3 Å². The molecule has 1 aliphatic rings. The number of carbonyl (C=O) groups excluding carboxylic acids is 1. The summed E-state index contributed by atoms with van der Waals surface area (Å²) in [5, 5.41) is 0.435. The third-order valence-electron chi connectivity index (χ3n) is 3.44.